The molecule has 0 bridgehead atoms. The normalized spacial score (nSPS) is 12.9. The summed E-state index contributed by atoms with van der Waals surface area (Å²) in [7, 11) is 4.12. The van der Waals surface area contributed by atoms with Crippen molar-refractivity contribution in [2.75, 3.05) is 25.5 Å². The van der Waals surface area contributed by atoms with Crippen LogP contribution in [0.2, 0.25) is 0 Å². The third kappa shape index (κ3) is 4.00. The van der Waals surface area contributed by atoms with Crippen LogP contribution in [-0.2, 0) is 0 Å². The van der Waals surface area contributed by atoms with Crippen LogP contribution in [0.5, 0.6) is 0 Å². The Labute approximate surface area is 114 Å². The van der Waals surface area contributed by atoms with E-state index in [0.29, 0.717) is 12.0 Å². The minimum atomic E-state index is 0.385. The fraction of sp³-hybridized carbons (Fsp3) is 0.571. The summed E-state index contributed by atoms with van der Waals surface area (Å²) in [6, 6.07) is 6.97. The standard InChI is InChI=1S/C14H23BrN2/c1-10(2)9-17(5)14-7-6-12(8-13(14)15)11(3)16-4/h6-8,10-11,16H,9H2,1-5H3. The Hall–Kier alpha value is -0.540. The summed E-state index contributed by atoms with van der Waals surface area (Å²) in [5.41, 5.74) is 2.56. The summed E-state index contributed by atoms with van der Waals surface area (Å²) < 4.78 is 1.17. The number of benzene rings is 1. The van der Waals surface area contributed by atoms with Gasteiger partial charge in [0.25, 0.3) is 0 Å². The summed E-state index contributed by atoms with van der Waals surface area (Å²) in [5, 5.41) is 3.25. The van der Waals surface area contributed by atoms with E-state index >= 15 is 0 Å². The van der Waals surface area contributed by atoms with Gasteiger partial charge in [-0.2, -0.15) is 0 Å². The Morgan fingerprint density at radius 1 is 1.29 bits per heavy atom. The Balaban J connectivity index is 2.89. The molecule has 17 heavy (non-hydrogen) atoms. The number of hydrogen-bond donors (Lipinski definition) is 1. The molecule has 1 rings (SSSR count). The second-order valence-electron chi connectivity index (χ2n) is 5.00. The first-order chi connectivity index (χ1) is 7.95. The van der Waals surface area contributed by atoms with Crippen LogP contribution in [0.4, 0.5) is 5.69 Å². The maximum Gasteiger partial charge on any atom is 0.0508 e. The molecule has 0 radical (unpaired) electrons. The Bertz CT molecular complexity index is 363. The van der Waals surface area contributed by atoms with Gasteiger partial charge < -0.3 is 10.2 Å². The van der Waals surface area contributed by atoms with Gasteiger partial charge in [-0.15, -0.1) is 0 Å². The molecule has 3 heteroatoms. The summed E-state index contributed by atoms with van der Waals surface area (Å²) in [4.78, 5) is 2.29. The fourth-order valence-electron chi connectivity index (χ4n) is 1.91. The zero-order chi connectivity index (χ0) is 13.0. The average Bonchev–Trinajstić information content (AvgIpc) is 2.26. The monoisotopic (exact) mass is 298 g/mol. The quantitative estimate of drug-likeness (QED) is 0.889. The SMILES string of the molecule is CNC(C)c1ccc(N(C)CC(C)C)c(Br)c1. The first kappa shape index (κ1) is 14.5. The largest absolute Gasteiger partial charge is 0.373 e. The van der Waals surface area contributed by atoms with Crippen LogP contribution in [0.25, 0.3) is 0 Å². The maximum atomic E-state index is 3.67. The molecule has 0 aliphatic carbocycles. The molecule has 0 amide bonds. The molecule has 0 saturated carbocycles. The Morgan fingerprint density at radius 3 is 2.41 bits per heavy atom. The van der Waals surface area contributed by atoms with E-state index in [4.69, 9.17) is 0 Å². The first-order valence-corrected chi connectivity index (χ1v) is 6.92. The molecule has 0 aliphatic rings. The van der Waals surface area contributed by atoms with Gasteiger partial charge in [-0.05, 0) is 53.5 Å². The molecule has 0 fully saturated rings. The van der Waals surface area contributed by atoms with Crippen molar-refractivity contribution in [1.29, 1.82) is 0 Å². The second kappa shape index (κ2) is 6.41. The molecular weight excluding hydrogens is 276 g/mol. The third-order valence-electron chi connectivity index (χ3n) is 2.96. The molecule has 0 heterocycles. The highest BCUT2D eigenvalue weighted by Gasteiger charge is 2.10. The van der Waals surface area contributed by atoms with Crippen LogP contribution < -0.4 is 10.2 Å². The number of halogens is 1. The zero-order valence-electron chi connectivity index (χ0n) is 11.4. The van der Waals surface area contributed by atoms with E-state index in [1.54, 1.807) is 0 Å². The predicted molar refractivity (Wildman–Crippen MR) is 79.7 cm³/mol. The maximum absolute atomic E-state index is 3.67. The van der Waals surface area contributed by atoms with E-state index < -0.39 is 0 Å². The summed E-state index contributed by atoms with van der Waals surface area (Å²) in [6.07, 6.45) is 0. The van der Waals surface area contributed by atoms with Gasteiger partial charge >= 0.3 is 0 Å². The topological polar surface area (TPSA) is 15.3 Å². The van der Waals surface area contributed by atoms with E-state index in [9.17, 15) is 0 Å². The molecule has 2 nitrogen and oxygen atoms in total. The minimum absolute atomic E-state index is 0.385. The molecule has 1 aromatic carbocycles. The van der Waals surface area contributed by atoms with Crippen molar-refractivity contribution in [3.63, 3.8) is 0 Å². The van der Waals surface area contributed by atoms with E-state index in [-0.39, 0.29) is 0 Å². The van der Waals surface area contributed by atoms with Gasteiger partial charge in [0.05, 0.1) is 5.69 Å². The molecule has 1 aromatic rings. The van der Waals surface area contributed by atoms with Crippen molar-refractivity contribution in [3.05, 3.63) is 28.2 Å². The van der Waals surface area contributed by atoms with Gasteiger partial charge in [-0.1, -0.05) is 19.9 Å². The van der Waals surface area contributed by atoms with E-state index in [0.717, 1.165) is 6.54 Å². The fourth-order valence-corrected chi connectivity index (χ4v) is 2.61. The molecule has 1 atom stereocenters. The number of hydrogen-bond acceptors (Lipinski definition) is 2. The molecule has 0 aromatic heterocycles. The smallest absolute Gasteiger partial charge is 0.0508 e. The lowest BCUT2D eigenvalue weighted by Gasteiger charge is -2.23. The van der Waals surface area contributed by atoms with Crippen molar-refractivity contribution in [2.24, 2.45) is 5.92 Å². The summed E-state index contributed by atoms with van der Waals surface area (Å²) >= 11 is 3.67. The number of rotatable bonds is 5. The Morgan fingerprint density at radius 2 is 1.94 bits per heavy atom. The van der Waals surface area contributed by atoms with Crippen molar-refractivity contribution >= 4 is 21.6 Å². The lowest BCUT2D eigenvalue weighted by Crippen LogP contribution is -2.23. The van der Waals surface area contributed by atoms with Crippen LogP contribution in [-0.4, -0.2) is 20.6 Å². The van der Waals surface area contributed by atoms with E-state index in [2.05, 4.69) is 72.2 Å². The van der Waals surface area contributed by atoms with Gasteiger partial charge in [0.2, 0.25) is 0 Å². The summed E-state index contributed by atoms with van der Waals surface area (Å²) in [6.45, 7) is 7.71. The van der Waals surface area contributed by atoms with Crippen molar-refractivity contribution in [3.8, 4) is 0 Å². The van der Waals surface area contributed by atoms with Gasteiger partial charge in [-0.25, -0.2) is 0 Å². The molecule has 1 unspecified atom stereocenters. The zero-order valence-corrected chi connectivity index (χ0v) is 13.0. The van der Waals surface area contributed by atoms with Crippen molar-refractivity contribution in [2.45, 2.75) is 26.8 Å². The molecule has 0 saturated heterocycles. The van der Waals surface area contributed by atoms with Crippen molar-refractivity contribution < 1.29 is 0 Å². The highest BCUT2D eigenvalue weighted by molar-refractivity contribution is 9.10. The van der Waals surface area contributed by atoms with E-state index in [1.807, 2.05) is 7.05 Å². The van der Waals surface area contributed by atoms with Gasteiger partial charge in [0.15, 0.2) is 0 Å². The number of anilines is 1. The molecule has 1 N–H and O–H groups in total. The lowest BCUT2D eigenvalue weighted by molar-refractivity contribution is 0.636. The van der Waals surface area contributed by atoms with Gasteiger partial charge in [0, 0.05) is 24.1 Å². The number of nitrogens with one attached hydrogen (secondary N) is 1. The number of nitrogens with zero attached hydrogens (tertiary/aromatic N) is 1. The van der Waals surface area contributed by atoms with Gasteiger partial charge in [-0.3, -0.25) is 0 Å². The highest BCUT2D eigenvalue weighted by Crippen LogP contribution is 2.29. The van der Waals surface area contributed by atoms with Crippen LogP contribution in [0.15, 0.2) is 22.7 Å². The minimum Gasteiger partial charge on any atom is -0.373 e. The molecule has 96 valence electrons. The third-order valence-corrected chi connectivity index (χ3v) is 3.59. The van der Waals surface area contributed by atoms with Gasteiger partial charge in [0.1, 0.15) is 0 Å². The van der Waals surface area contributed by atoms with Crippen LogP contribution in [0, 0.1) is 5.92 Å². The predicted octanol–water partition coefficient (Wildman–Crippen LogP) is 3.82. The van der Waals surface area contributed by atoms with Crippen molar-refractivity contribution in [1.82, 2.24) is 5.32 Å². The average molecular weight is 299 g/mol. The van der Waals surface area contributed by atoms with E-state index in [1.165, 1.54) is 15.7 Å². The van der Waals surface area contributed by atoms with Crippen LogP contribution >= 0.6 is 15.9 Å². The highest BCUT2D eigenvalue weighted by atomic mass is 79.9. The Kier molecular flexibility index (Phi) is 5.47. The first-order valence-electron chi connectivity index (χ1n) is 6.13. The molecule has 0 aliphatic heterocycles. The summed E-state index contributed by atoms with van der Waals surface area (Å²) in [5.74, 6) is 0.669. The lowest BCUT2D eigenvalue weighted by atomic mass is 10.1. The molecular formula is C14H23BrN2. The van der Waals surface area contributed by atoms with Crippen LogP contribution in [0.3, 0.4) is 0 Å². The second-order valence-corrected chi connectivity index (χ2v) is 5.85. The van der Waals surface area contributed by atoms with Crippen LogP contribution in [0.1, 0.15) is 32.4 Å². The molecule has 0 spiro atoms.